The van der Waals surface area contributed by atoms with Gasteiger partial charge in [0, 0.05) is 32.3 Å². The number of carbonyl (C=O) groups excluding carboxylic acids is 3. The molecule has 0 spiro atoms. The molecule has 0 aromatic heterocycles. The summed E-state index contributed by atoms with van der Waals surface area (Å²) in [5.74, 6) is -0.878. The molecule has 0 radical (unpaired) electrons. The fourth-order valence-corrected chi connectivity index (χ4v) is 6.23. The van der Waals surface area contributed by atoms with Crippen molar-refractivity contribution < 1.29 is 27.5 Å². The summed E-state index contributed by atoms with van der Waals surface area (Å²) in [6, 6.07) is 11.1. The lowest BCUT2D eigenvalue weighted by atomic mass is 10.2. The van der Waals surface area contributed by atoms with Crippen molar-refractivity contribution in [2.75, 3.05) is 39.4 Å². The standard InChI is InChI=1S/C25H23Cl2N3O6S2/c26-20-7-3-18(15-21(20)27)16-22-24(32)30(25(33)37-22)10-9-28-23(31)8-4-17-1-5-19(6-2-17)38(34,35)29-11-13-36-14-12-29/h1-8,15-16H,9-14H2,(H,28,31). The van der Waals surface area contributed by atoms with Gasteiger partial charge in [-0.05, 0) is 59.3 Å². The zero-order valence-corrected chi connectivity index (χ0v) is 23.1. The normalized spacial score (nSPS) is 18.1. The molecule has 38 heavy (non-hydrogen) atoms. The first-order valence-corrected chi connectivity index (χ1v) is 14.5. The van der Waals surface area contributed by atoms with Crippen molar-refractivity contribution in [2.24, 2.45) is 0 Å². The van der Waals surface area contributed by atoms with Crippen LogP contribution in [0, 0.1) is 0 Å². The topological polar surface area (TPSA) is 113 Å². The Morgan fingerprint density at radius 2 is 1.71 bits per heavy atom. The molecule has 2 aliphatic heterocycles. The zero-order chi connectivity index (χ0) is 27.3. The van der Waals surface area contributed by atoms with E-state index >= 15 is 0 Å². The summed E-state index contributed by atoms with van der Waals surface area (Å²) in [5.41, 5.74) is 1.27. The summed E-state index contributed by atoms with van der Waals surface area (Å²) in [7, 11) is -3.59. The largest absolute Gasteiger partial charge is 0.379 e. The van der Waals surface area contributed by atoms with E-state index in [0.29, 0.717) is 47.5 Å². The average molecular weight is 597 g/mol. The van der Waals surface area contributed by atoms with Gasteiger partial charge in [-0.2, -0.15) is 4.31 Å². The molecule has 0 unspecified atom stereocenters. The van der Waals surface area contributed by atoms with Gasteiger partial charge in [-0.3, -0.25) is 19.3 Å². The molecule has 2 aliphatic rings. The van der Waals surface area contributed by atoms with E-state index in [1.165, 1.54) is 22.5 Å². The highest BCUT2D eigenvalue weighted by Gasteiger charge is 2.34. The highest BCUT2D eigenvalue weighted by Crippen LogP contribution is 2.33. The molecule has 200 valence electrons. The van der Waals surface area contributed by atoms with Crippen LogP contribution >= 0.6 is 35.0 Å². The number of morpholine rings is 1. The number of imide groups is 1. The molecule has 1 N–H and O–H groups in total. The number of thioether (sulfide) groups is 1. The van der Waals surface area contributed by atoms with Gasteiger partial charge in [0.2, 0.25) is 15.9 Å². The summed E-state index contributed by atoms with van der Waals surface area (Å²) in [5, 5.41) is 2.92. The van der Waals surface area contributed by atoms with Crippen LogP contribution in [0.15, 0.2) is 58.3 Å². The number of ether oxygens (including phenoxy) is 1. The van der Waals surface area contributed by atoms with E-state index in [9.17, 15) is 22.8 Å². The number of carbonyl (C=O) groups is 3. The van der Waals surface area contributed by atoms with Crippen molar-refractivity contribution in [3.63, 3.8) is 0 Å². The second-order valence-electron chi connectivity index (χ2n) is 8.22. The molecule has 3 amide bonds. The third-order valence-electron chi connectivity index (χ3n) is 5.66. The molecule has 13 heteroatoms. The number of amides is 3. The smallest absolute Gasteiger partial charge is 0.293 e. The number of rotatable bonds is 8. The monoisotopic (exact) mass is 595 g/mol. The zero-order valence-electron chi connectivity index (χ0n) is 19.9. The Morgan fingerprint density at radius 3 is 2.39 bits per heavy atom. The molecule has 9 nitrogen and oxygen atoms in total. The number of nitrogens with one attached hydrogen (secondary N) is 1. The van der Waals surface area contributed by atoms with Crippen molar-refractivity contribution >= 4 is 74.2 Å². The van der Waals surface area contributed by atoms with Gasteiger partial charge in [0.05, 0.1) is 33.1 Å². The van der Waals surface area contributed by atoms with Crippen LogP contribution in [0.1, 0.15) is 11.1 Å². The number of sulfonamides is 1. The Balaban J connectivity index is 1.28. The Bertz CT molecular complexity index is 1400. The molecule has 2 aromatic rings. The number of halogens is 2. The lowest BCUT2D eigenvalue weighted by molar-refractivity contribution is -0.123. The van der Waals surface area contributed by atoms with E-state index in [4.69, 9.17) is 27.9 Å². The van der Waals surface area contributed by atoms with Crippen LogP contribution in [-0.4, -0.2) is 74.1 Å². The van der Waals surface area contributed by atoms with Gasteiger partial charge in [0.1, 0.15) is 0 Å². The van der Waals surface area contributed by atoms with Crippen LogP contribution in [0.25, 0.3) is 12.2 Å². The highest BCUT2D eigenvalue weighted by atomic mass is 35.5. The SMILES string of the molecule is O=C(C=Cc1ccc(S(=O)(=O)N2CCOCC2)cc1)NCCN1C(=O)SC(=Cc2ccc(Cl)c(Cl)c2)C1=O. The van der Waals surface area contributed by atoms with Gasteiger partial charge < -0.3 is 10.1 Å². The fourth-order valence-electron chi connectivity index (χ4n) is 3.65. The molecule has 4 rings (SSSR count). The molecule has 2 heterocycles. The Labute approximate surface area is 234 Å². The Hall–Kier alpha value is -2.67. The summed E-state index contributed by atoms with van der Waals surface area (Å²) in [4.78, 5) is 38.6. The molecule has 0 aliphatic carbocycles. The van der Waals surface area contributed by atoms with Gasteiger partial charge in [-0.15, -0.1) is 0 Å². The van der Waals surface area contributed by atoms with Crippen molar-refractivity contribution in [3.05, 3.63) is 74.6 Å². The molecule has 2 saturated heterocycles. The first-order chi connectivity index (χ1) is 18.1. The van der Waals surface area contributed by atoms with Crippen molar-refractivity contribution in [1.82, 2.24) is 14.5 Å². The predicted molar refractivity (Wildman–Crippen MR) is 147 cm³/mol. The van der Waals surface area contributed by atoms with Gasteiger partial charge >= 0.3 is 0 Å². The Kier molecular flexibility index (Phi) is 9.29. The molecular formula is C25H23Cl2N3O6S2. The maximum absolute atomic E-state index is 12.7. The van der Waals surface area contributed by atoms with Gasteiger partial charge in [-0.25, -0.2) is 8.42 Å². The molecular weight excluding hydrogens is 573 g/mol. The average Bonchev–Trinajstić information content (AvgIpc) is 3.17. The first kappa shape index (κ1) is 28.3. The summed E-state index contributed by atoms with van der Waals surface area (Å²) >= 11 is 12.7. The van der Waals surface area contributed by atoms with Crippen molar-refractivity contribution in [3.8, 4) is 0 Å². The quantitative estimate of drug-likeness (QED) is 0.461. The number of hydrogen-bond donors (Lipinski definition) is 1. The third-order valence-corrected chi connectivity index (χ3v) is 9.22. The van der Waals surface area contributed by atoms with E-state index in [-0.39, 0.29) is 22.9 Å². The molecule has 0 bridgehead atoms. The number of hydrogen-bond acceptors (Lipinski definition) is 7. The van der Waals surface area contributed by atoms with Crippen LogP contribution in [0.2, 0.25) is 10.0 Å². The van der Waals surface area contributed by atoms with Crippen LogP contribution < -0.4 is 5.32 Å². The third kappa shape index (κ3) is 6.85. The van der Waals surface area contributed by atoms with Crippen molar-refractivity contribution in [2.45, 2.75) is 4.90 Å². The van der Waals surface area contributed by atoms with E-state index in [1.807, 2.05) is 0 Å². The summed E-state index contributed by atoms with van der Waals surface area (Å²) in [6.45, 7) is 1.43. The van der Waals surface area contributed by atoms with Crippen LogP contribution in [0.4, 0.5) is 4.79 Å². The summed E-state index contributed by atoms with van der Waals surface area (Å²) < 4.78 is 32.0. The molecule has 0 saturated carbocycles. The number of nitrogens with zero attached hydrogens (tertiary/aromatic N) is 2. The van der Waals surface area contributed by atoms with Crippen LogP contribution in [-0.2, 0) is 24.3 Å². The predicted octanol–water partition coefficient (Wildman–Crippen LogP) is 3.88. The first-order valence-electron chi connectivity index (χ1n) is 11.5. The minimum absolute atomic E-state index is 0.0110. The fraction of sp³-hybridized carbons (Fsp3) is 0.240. The second kappa shape index (κ2) is 12.5. The maximum Gasteiger partial charge on any atom is 0.293 e. The molecule has 2 aromatic carbocycles. The lowest BCUT2D eigenvalue weighted by Gasteiger charge is -2.26. The summed E-state index contributed by atoms with van der Waals surface area (Å²) in [6.07, 6.45) is 4.40. The van der Waals surface area contributed by atoms with E-state index in [1.54, 1.807) is 42.5 Å². The maximum atomic E-state index is 12.7. The van der Waals surface area contributed by atoms with Gasteiger partial charge in [0.25, 0.3) is 11.1 Å². The van der Waals surface area contributed by atoms with E-state index in [0.717, 1.165) is 16.7 Å². The molecule has 2 fully saturated rings. The lowest BCUT2D eigenvalue weighted by Crippen LogP contribution is -2.40. The Morgan fingerprint density at radius 1 is 1.03 bits per heavy atom. The van der Waals surface area contributed by atoms with Crippen LogP contribution in [0.5, 0.6) is 0 Å². The van der Waals surface area contributed by atoms with Gasteiger partial charge in [-0.1, -0.05) is 41.4 Å². The van der Waals surface area contributed by atoms with Crippen LogP contribution in [0.3, 0.4) is 0 Å². The van der Waals surface area contributed by atoms with Crippen molar-refractivity contribution in [1.29, 1.82) is 0 Å². The van der Waals surface area contributed by atoms with E-state index in [2.05, 4.69) is 5.32 Å². The van der Waals surface area contributed by atoms with Gasteiger partial charge in [0.15, 0.2) is 0 Å². The van der Waals surface area contributed by atoms with E-state index < -0.39 is 27.1 Å². The highest BCUT2D eigenvalue weighted by molar-refractivity contribution is 8.18. The number of benzene rings is 2. The minimum Gasteiger partial charge on any atom is -0.379 e. The second-order valence-corrected chi connectivity index (χ2v) is 12.0. The minimum atomic E-state index is -3.59. The molecule has 0 atom stereocenters.